The number of nitrogens with zero attached hydrogens (tertiary/aromatic N) is 3. The fourth-order valence-corrected chi connectivity index (χ4v) is 2.18. The van der Waals surface area contributed by atoms with E-state index in [0.29, 0.717) is 35.2 Å². The Morgan fingerprint density at radius 2 is 2.18 bits per heavy atom. The maximum absolute atomic E-state index is 11.6. The van der Waals surface area contributed by atoms with Crippen LogP contribution in [0.2, 0.25) is 5.02 Å². The van der Waals surface area contributed by atoms with E-state index >= 15 is 0 Å². The summed E-state index contributed by atoms with van der Waals surface area (Å²) < 4.78 is 10.6. The zero-order valence-corrected chi connectivity index (χ0v) is 16.2. The molecular formula is C17H21ClN6O4. The third-order valence-electron chi connectivity index (χ3n) is 3.25. The number of nitrogen functional groups attached to an aromatic ring is 1. The fraction of sp³-hybridized carbons (Fsp3) is 0.294. The van der Waals surface area contributed by atoms with Crippen LogP contribution in [0.15, 0.2) is 29.7 Å². The number of carbonyl (C=O) groups is 1. The number of amides is 2. The number of rotatable bonds is 9. The Kier molecular flexibility index (Phi) is 8.25. The number of benzene rings is 1. The molecule has 1 heterocycles. The molecular weight excluding hydrogens is 388 g/mol. The SMILES string of the molecule is CCNC(=O)Nc1ccc(Oc2ncnc(N)c2C=NOCCOC)cc1Cl. The molecule has 2 aromatic rings. The molecule has 0 radical (unpaired) electrons. The summed E-state index contributed by atoms with van der Waals surface area (Å²) in [5.41, 5.74) is 6.66. The Morgan fingerprint density at radius 1 is 1.36 bits per heavy atom. The number of hydrogen-bond donors (Lipinski definition) is 3. The van der Waals surface area contributed by atoms with Crippen molar-refractivity contribution in [2.75, 3.05) is 37.9 Å². The van der Waals surface area contributed by atoms with Crippen LogP contribution in [0, 0.1) is 0 Å². The van der Waals surface area contributed by atoms with Crippen molar-refractivity contribution in [1.29, 1.82) is 0 Å². The van der Waals surface area contributed by atoms with Crippen LogP contribution in [0.5, 0.6) is 11.6 Å². The van der Waals surface area contributed by atoms with E-state index < -0.39 is 0 Å². The number of oxime groups is 1. The van der Waals surface area contributed by atoms with Gasteiger partial charge in [-0.3, -0.25) is 0 Å². The van der Waals surface area contributed by atoms with Gasteiger partial charge in [-0.15, -0.1) is 0 Å². The minimum absolute atomic E-state index is 0.171. The highest BCUT2D eigenvalue weighted by molar-refractivity contribution is 6.33. The number of hydrogen-bond acceptors (Lipinski definition) is 8. The van der Waals surface area contributed by atoms with Crippen LogP contribution in [0.1, 0.15) is 12.5 Å². The zero-order valence-electron chi connectivity index (χ0n) is 15.4. The average Bonchev–Trinajstić information content (AvgIpc) is 2.66. The number of halogens is 1. The molecule has 11 heteroatoms. The second-order valence-corrected chi connectivity index (χ2v) is 5.67. The van der Waals surface area contributed by atoms with Crippen LogP contribution in [0.3, 0.4) is 0 Å². The number of aromatic nitrogens is 2. The molecule has 4 N–H and O–H groups in total. The van der Waals surface area contributed by atoms with Gasteiger partial charge in [0.2, 0.25) is 5.88 Å². The van der Waals surface area contributed by atoms with E-state index in [9.17, 15) is 4.79 Å². The minimum atomic E-state index is -0.353. The van der Waals surface area contributed by atoms with E-state index in [4.69, 9.17) is 31.6 Å². The summed E-state index contributed by atoms with van der Waals surface area (Å²) in [6, 6.07) is 4.42. The van der Waals surface area contributed by atoms with Gasteiger partial charge < -0.3 is 30.7 Å². The quantitative estimate of drug-likeness (QED) is 0.330. The van der Waals surface area contributed by atoms with Gasteiger partial charge in [0.25, 0.3) is 0 Å². The zero-order chi connectivity index (χ0) is 20.4. The molecule has 150 valence electrons. The smallest absolute Gasteiger partial charge is 0.319 e. The summed E-state index contributed by atoms with van der Waals surface area (Å²) >= 11 is 6.20. The predicted molar refractivity (Wildman–Crippen MR) is 106 cm³/mol. The van der Waals surface area contributed by atoms with Gasteiger partial charge in [0, 0.05) is 19.7 Å². The molecule has 2 amide bonds. The number of nitrogens with one attached hydrogen (secondary N) is 2. The number of methoxy groups -OCH3 is 1. The third kappa shape index (κ3) is 6.25. The van der Waals surface area contributed by atoms with Crippen molar-refractivity contribution >= 4 is 35.4 Å². The molecule has 2 rings (SSSR count). The highest BCUT2D eigenvalue weighted by atomic mass is 35.5. The van der Waals surface area contributed by atoms with E-state index in [1.807, 2.05) is 6.92 Å². The van der Waals surface area contributed by atoms with E-state index in [-0.39, 0.29) is 24.3 Å². The third-order valence-corrected chi connectivity index (χ3v) is 3.57. The molecule has 1 aromatic carbocycles. The monoisotopic (exact) mass is 408 g/mol. The first-order chi connectivity index (χ1) is 13.5. The first-order valence-corrected chi connectivity index (χ1v) is 8.70. The van der Waals surface area contributed by atoms with Crippen LogP contribution in [0.25, 0.3) is 0 Å². The Morgan fingerprint density at radius 3 is 2.89 bits per heavy atom. The van der Waals surface area contributed by atoms with Crippen molar-refractivity contribution < 1.29 is 19.1 Å². The number of anilines is 2. The van der Waals surface area contributed by atoms with Crippen LogP contribution < -0.4 is 21.1 Å². The molecule has 1 aromatic heterocycles. The van der Waals surface area contributed by atoms with E-state index in [1.165, 1.54) is 18.6 Å². The molecule has 0 saturated carbocycles. The molecule has 0 spiro atoms. The lowest BCUT2D eigenvalue weighted by Crippen LogP contribution is -2.28. The van der Waals surface area contributed by atoms with Gasteiger partial charge in [-0.25, -0.2) is 14.8 Å². The van der Waals surface area contributed by atoms with Crippen molar-refractivity contribution in [3.8, 4) is 11.6 Å². The summed E-state index contributed by atoms with van der Waals surface area (Å²) in [4.78, 5) is 24.6. The summed E-state index contributed by atoms with van der Waals surface area (Å²) in [5, 5.41) is 9.35. The van der Waals surface area contributed by atoms with Crippen LogP contribution in [0.4, 0.5) is 16.3 Å². The normalized spacial score (nSPS) is 10.7. The van der Waals surface area contributed by atoms with Crippen LogP contribution in [-0.4, -0.2) is 49.1 Å². The summed E-state index contributed by atoms with van der Waals surface area (Å²) in [6.45, 7) is 3.00. The Hall–Kier alpha value is -3.11. The summed E-state index contributed by atoms with van der Waals surface area (Å²) in [7, 11) is 1.56. The first-order valence-electron chi connectivity index (χ1n) is 8.32. The largest absolute Gasteiger partial charge is 0.438 e. The molecule has 28 heavy (non-hydrogen) atoms. The predicted octanol–water partition coefficient (Wildman–Crippen LogP) is 2.64. The Balaban J connectivity index is 2.13. The van der Waals surface area contributed by atoms with E-state index in [0.717, 1.165) is 0 Å². The molecule has 0 aliphatic carbocycles. The van der Waals surface area contributed by atoms with Gasteiger partial charge in [-0.1, -0.05) is 16.8 Å². The van der Waals surface area contributed by atoms with Crippen molar-refractivity contribution in [3.05, 3.63) is 35.1 Å². The standard InChI is InChI=1S/C17H21ClN6O4/c1-3-20-17(25)24-14-5-4-11(8-13(14)18)28-16-12(15(19)21-10-22-16)9-23-27-7-6-26-2/h4-5,8-10H,3,6-7H2,1-2H3,(H2,19,21,22)(H2,20,24,25). The highest BCUT2D eigenvalue weighted by Crippen LogP contribution is 2.30. The van der Waals surface area contributed by atoms with E-state index in [2.05, 4.69) is 25.8 Å². The molecule has 0 bridgehead atoms. The average molecular weight is 409 g/mol. The molecule has 0 saturated heterocycles. The maximum atomic E-state index is 11.6. The number of carbonyl (C=O) groups excluding carboxylic acids is 1. The minimum Gasteiger partial charge on any atom is -0.438 e. The van der Waals surface area contributed by atoms with Gasteiger partial charge in [-0.05, 0) is 19.1 Å². The number of urea groups is 1. The van der Waals surface area contributed by atoms with Crippen molar-refractivity contribution in [3.63, 3.8) is 0 Å². The second-order valence-electron chi connectivity index (χ2n) is 5.27. The Bertz CT molecular complexity index is 833. The molecule has 0 unspecified atom stereocenters. The maximum Gasteiger partial charge on any atom is 0.319 e. The van der Waals surface area contributed by atoms with Gasteiger partial charge in [0.05, 0.1) is 23.5 Å². The lowest BCUT2D eigenvalue weighted by atomic mass is 10.3. The second kappa shape index (κ2) is 10.9. The lowest BCUT2D eigenvalue weighted by molar-refractivity contribution is 0.0759. The van der Waals surface area contributed by atoms with Crippen LogP contribution >= 0.6 is 11.6 Å². The van der Waals surface area contributed by atoms with Crippen molar-refractivity contribution in [2.24, 2.45) is 5.16 Å². The van der Waals surface area contributed by atoms with Gasteiger partial charge in [0.1, 0.15) is 30.1 Å². The number of ether oxygens (including phenoxy) is 2. The topological polar surface area (TPSA) is 133 Å². The van der Waals surface area contributed by atoms with Crippen molar-refractivity contribution in [2.45, 2.75) is 6.92 Å². The molecule has 0 fully saturated rings. The summed E-state index contributed by atoms with van der Waals surface area (Å²) in [5.74, 6) is 0.733. The number of nitrogens with two attached hydrogens (primary N) is 1. The molecule has 10 nitrogen and oxygen atoms in total. The van der Waals surface area contributed by atoms with Crippen molar-refractivity contribution in [1.82, 2.24) is 15.3 Å². The molecule has 0 aliphatic heterocycles. The van der Waals surface area contributed by atoms with Gasteiger partial charge >= 0.3 is 6.03 Å². The first kappa shape index (κ1) is 21.2. The summed E-state index contributed by atoms with van der Waals surface area (Å²) in [6.07, 6.45) is 2.62. The molecule has 0 atom stereocenters. The lowest BCUT2D eigenvalue weighted by Gasteiger charge is -2.11. The van der Waals surface area contributed by atoms with Crippen LogP contribution in [-0.2, 0) is 9.57 Å². The van der Waals surface area contributed by atoms with E-state index in [1.54, 1.807) is 19.2 Å². The fourth-order valence-electron chi connectivity index (χ4n) is 1.96. The van der Waals surface area contributed by atoms with Gasteiger partial charge in [0.15, 0.2) is 0 Å². The van der Waals surface area contributed by atoms with Gasteiger partial charge in [-0.2, -0.15) is 0 Å². The highest BCUT2D eigenvalue weighted by Gasteiger charge is 2.12. The molecule has 0 aliphatic rings. The Labute approximate surface area is 167 Å².